The molecule has 1 amide bonds. The minimum Gasteiger partial charge on any atom is -0.484 e. The van der Waals surface area contributed by atoms with Crippen LogP contribution in [0.4, 0.5) is 10.1 Å². The van der Waals surface area contributed by atoms with Gasteiger partial charge in [0.1, 0.15) is 23.9 Å². The highest BCUT2D eigenvalue weighted by Crippen LogP contribution is 2.26. The lowest BCUT2D eigenvalue weighted by Gasteiger charge is -2.08. The summed E-state index contributed by atoms with van der Waals surface area (Å²) in [6.07, 6.45) is 0. The highest BCUT2D eigenvalue weighted by Gasteiger charge is 2.13. The van der Waals surface area contributed by atoms with Crippen molar-refractivity contribution in [2.24, 2.45) is 0 Å². The predicted molar refractivity (Wildman–Crippen MR) is 120 cm³/mol. The van der Waals surface area contributed by atoms with Gasteiger partial charge in [0.05, 0.1) is 17.3 Å². The molecular weight excluding hydrogens is 433 g/mol. The van der Waals surface area contributed by atoms with Gasteiger partial charge in [-0.3, -0.25) is 9.48 Å². The number of amides is 1. The van der Waals surface area contributed by atoms with Gasteiger partial charge in [0.15, 0.2) is 5.76 Å². The van der Waals surface area contributed by atoms with Crippen molar-refractivity contribution in [3.05, 3.63) is 100.0 Å². The Morgan fingerprint density at radius 1 is 1.16 bits per heavy atom. The second-order valence-electron chi connectivity index (χ2n) is 7.37. The second-order valence-corrected chi connectivity index (χ2v) is 7.78. The van der Waals surface area contributed by atoms with Crippen molar-refractivity contribution in [3.63, 3.8) is 0 Å². The van der Waals surface area contributed by atoms with Crippen LogP contribution in [0.15, 0.2) is 65.1 Å². The first kappa shape index (κ1) is 21.6. The summed E-state index contributed by atoms with van der Waals surface area (Å²) in [4.78, 5) is 12.6. The summed E-state index contributed by atoms with van der Waals surface area (Å²) >= 11 is 5.95. The molecule has 1 N–H and O–H groups in total. The molecule has 2 aromatic carbocycles. The fourth-order valence-corrected chi connectivity index (χ4v) is 3.49. The molecule has 164 valence electrons. The van der Waals surface area contributed by atoms with Gasteiger partial charge in [-0.2, -0.15) is 5.10 Å². The zero-order chi connectivity index (χ0) is 22.7. The lowest BCUT2D eigenvalue weighted by molar-refractivity contribution is 0.0992. The highest BCUT2D eigenvalue weighted by atomic mass is 35.5. The Balaban J connectivity index is 1.38. The molecule has 4 aromatic rings. The first-order valence-corrected chi connectivity index (χ1v) is 10.3. The molecule has 2 heterocycles. The minimum absolute atomic E-state index is 0.0523. The van der Waals surface area contributed by atoms with Gasteiger partial charge in [0.2, 0.25) is 0 Å². The maximum Gasteiger partial charge on any atom is 0.291 e. The number of hydrogen-bond donors (Lipinski definition) is 1. The van der Waals surface area contributed by atoms with Gasteiger partial charge in [-0.25, -0.2) is 4.39 Å². The van der Waals surface area contributed by atoms with Crippen LogP contribution < -0.4 is 10.1 Å². The summed E-state index contributed by atoms with van der Waals surface area (Å²) < 4.78 is 26.2. The molecular formula is C24H21ClFN3O3. The van der Waals surface area contributed by atoms with E-state index in [9.17, 15) is 9.18 Å². The summed E-state index contributed by atoms with van der Waals surface area (Å²) in [5.74, 6) is 0.0963. The molecule has 0 spiro atoms. The number of rotatable bonds is 7. The molecule has 0 aliphatic heterocycles. The van der Waals surface area contributed by atoms with Crippen LogP contribution in [0.25, 0.3) is 0 Å². The van der Waals surface area contributed by atoms with E-state index in [1.807, 2.05) is 48.9 Å². The standard InChI is InChI=1S/C24H21ClFN3O3/c1-15-10-16(2)29(28-15)13-17-4-3-5-19(11-17)27-24(30)23-9-7-20(32-23)14-31-22-8-6-18(26)12-21(22)25/h3-12H,13-14H2,1-2H3,(H,27,30). The number of aromatic nitrogens is 2. The zero-order valence-electron chi connectivity index (χ0n) is 17.6. The molecule has 0 saturated carbocycles. The van der Waals surface area contributed by atoms with Crippen molar-refractivity contribution < 1.29 is 18.3 Å². The summed E-state index contributed by atoms with van der Waals surface area (Å²) in [5, 5.41) is 7.47. The van der Waals surface area contributed by atoms with Crippen LogP contribution in [0.5, 0.6) is 5.75 Å². The normalized spacial score (nSPS) is 10.9. The van der Waals surface area contributed by atoms with Crippen molar-refractivity contribution in [2.75, 3.05) is 5.32 Å². The number of carbonyl (C=O) groups is 1. The molecule has 0 fully saturated rings. The third-order valence-corrected chi connectivity index (χ3v) is 5.07. The summed E-state index contributed by atoms with van der Waals surface area (Å²) in [5.41, 5.74) is 3.70. The third kappa shape index (κ3) is 5.18. The van der Waals surface area contributed by atoms with E-state index in [1.54, 1.807) is 12.1 Å². The third-order valence-electron chi connectivity index (χ3n) is 4.77. The monoisotopic (exact) mass is 453 g/mol. The van der Waals surface area contributed by atoms with Crippen LogP contribution in [0, 0.1) is 19.7 Å². The smallest absolute Gasteiger partial charge is 0.291 e. The molecule has 32 heavy (non-hydrogen) atoms. The van der Waals surface area contributed by atoms with E-state index in [0.29, 0.717) is 23.7 Å². The molecule has 4 rings (SSSR count). The number of benzene rings is 2. The van der Waals surface area contributed by atoms with E-state index >= 15 is 0 Å². The molecule has 6 nitrogen and oxygen atoms in total. The number of nitrogens with one attached hydrogen (secondary N) is 1. The second kappa shape index (κ2) is 9.28. The Morgan fingerprint density at radius 3 is 2.75 bits per heavy atom. The number of halogens is 2. The Bertz CT molecular complexity index is 1270. The number of aryl methyl sites for hydroxylation is 2. The van der Waals surface area contributed by atoms with Gasteiger partial charge in [0, 0.05) is 11.4 Å². The average Bonchev–Trinajstić information content (AvgIpc) is 3.34. The van der Waals surface area contributed by atoms with Crippen LogP contribution in [-0.4, -0.2) is 15.7 Å². The summed E-state index contributed by atoms with van der Waals surface area (Å²) in [6, 6.07) is 16.7. The van der Waals surface area contributed by atoms with Crippen molar-refractivity contribution >= 4 is 23.2 Å². The Morgan fingerprint density at radius 2 is 2.00 bits per heavy atom. The number of ether oxygens (including phenoxy) is 1. The quantitative estimate of drug-likeness (QED) is 0.386. The van der Waals surface area contributed by atoms with E-state index in [1.165, 1.54) is 18.2 Å². The van der Waals surface area contributed by atoms with Gasteiger partial charge >= 0.3 is 0 Å². The van der Waals surface area contributed by atoms with Gasteiger partial charge in [-0.15, -0.1) is 0 Å². The molecule has 0 aliphatic rings. The first-order valence-electron chi connectivity index (χ1n) is 9.95. The maximum atomic E-state index is 13.1. The molecule has 0 atom stereocenters. The molecule has 0 bridgehead atoms. The van der Waals surface area contributed by atoms with Gasteiger partial charge in [-0.1, -0.05) is 23.7 Å². The number of furan rings is 1. The molecule has 0 unspecified atom stereocenters. The molecule has 0 aliphatic carbocycles. The Labute approximate surface area is 189 Å². The number of carbonyl (C=O) groups excluding carboxylic acids is 1. The van der Waals surface area contributed by atoms with Gasteiger partial charge in [-0.05, 0) is 67.9 Å². The van der Waals surface area contributed by atoms with Gasteiger partial charge in [0.25, 0.3) is 5.91 Å². The van der Waals surface area contributed by atoms with Crippen molar-refractivity contribution in [1.29, 1.82) is 0 Å². The SMILES string of the molecule is Cc1cc(C)n(Cc2cccc(NC(=O)c3ccc(COc4ccc(F)cc4Cl)o3)c2)n1. The van der Waals surface area contributed by atoms with Crippen LogP contribution in [0.2, 0.25) is 5.02 Å². The van der Waals surface area contributed by atoms with E-state index in [-0.39, 0.29) is 23.3 Å². The number of nitrogens with zero attached hydrogens (tertiary/aromatic N) is 2. The van der Waals surface area contributed by atoms with E-state index in [4.69, 9.17) is 20.8 Å². The fraction of sp³-hybridized carbons (Fsp3) is 0.167. The molecule has 2 aromatic heterocycles. The minimum atomic E-state index is -0.446. The van der Waals surface area contributed by atoms with Crippen LogP contribution >= 0.6 is 11.6 Å². The van der Waals surface area contributed by atoms with Crippen LogP contribution in [-0.2, 0) is 13.2 Å². The summed E-state index contributed by atoms with van der Waals surface area (Å²) in [6.45, 7) is 4.62. The summed E-state index contributed by atoms with van der Waals surface area (Å²) in [7, 11) is 0. The van der Waals surface area contributed by atoms with Crippen LogP contribution in [0.1, 0.15) is 33.3 Å². The number of hydrogen-bond acceptors (Lipinski definition) is 4. The van der Waals surface area contributed by atoms with Crippen molar-refractivity contribution in [1.82, 2.24) is 9.78 Å². The largest absolute Gasteiger partial charge is 0.484 e. The topological polar surface area (TPSA) is 69.3 Å². The zero-order valence-corrected chi connectivity index (χ0v) is 18.3. The highest BCUT2D eigenvalue weighted by molar-refractivity contribution is 6.32. The molecule has 8 heteroatoms. The first-order chi connectivity index (χ1) is 15.4. The lowest BCUT2D eigenvalue weighted by atomic mass is 10.2. The Kier molecular flexibility index (Phi) is 6.28. The molecule has 0 saturated heterocycles. The van der Waals surface area contributed by atoms with E-state index in [2.05, 4.69) is 10.4 Å². The van der Waals surface area contributed by atoms with E-state index < -0.39 is 5.82 Å². The molecule has 0 radical (unpaired) electrons. The predicted octanol–water partition coefficient (Wildman–Crippen LogP) is 5.77. The van der Waals surface area contributed by atoms with Crippen molar-refractivity contribution in [2.45, 2.75) is 27.0 Å². The Hall–Kier alpha value is -3.58. The fourth-order valence-electron chi connectivity index (χ4n) is 3.27. The van der Waals surface area contributed by atoms with Crippen LogP contribution in [0.3, 0.4) is 0 Å². The maximum absolute atomic E-state index is 13.1. The van der Waals surface area contributed by atoms with Gasteiger partial charge < -0.3 is 14.5 Å². The van der Waals surface area contributed by atoms with Crippen molar-refractivity contribution in [3.8, 4) is 5.75 Å². The lowest BCUT2D eigenvalue weighted by Crippen LogP contribution is -2.11. The average molecular weight is 454 g/mol. The van der Waals surface area contributed by atoms with E-state index in [0.717, 1.165) is 17.0 Å². The number of anilines is 1.